The first kappa shape index (κ1) is 21.1. The van der Waals surface area contributed by atoms with E-state index >= 15 is 0 Å². The van der Waals surface area contributed by atoms with Gasteiger partial charge in [-0.1, -0.05) is 12.8 Å². The van der Waals surface area contributed by atoms with Gasteiger partial charge in [0.2, 0.25) is 0 Å². The number of aliphatic imine (C=N–C) groups is 1. The maximum atomic E-state index is 6.17. The number of rotatable bonds is 6. The zero-order chi connectivity index (χ0) is 17.9. The molecule has 1 aromatic rings. The SMILES string of the molecule is CCOC1CC(N=C(N)Nc2ccc(OC)c(OC)c2)C12CCCC2.I. The Morgan fingerprint density at radius 3 is 2.54 bits per heavy atom. The first-order valence-corrected chi connectivity index (χ1v) is 9.07. The second-order valence-corrected chi connectivity index (χ2v) is 6.84. The van der Waals surface area contributed by atoms with Crippen LogP contribution < -0.4 is 20.5 Å². The standard InChI is InChI=1S/C19H29N3O3.HI/c1-4-25-17-12-16(19(17)9-5-6-10-19)22-18(20)21-13-7-8-14(23-2)15(11-13)24-3;/h7-8,11,16-17H,4-6,9-10,12H2,1-3H3,(H3,20,21,22);1H. The third kappa shape index (κ3) is 4.03. The minimum atomic E-state index is 0. The van der Waals surface area contributed by atoms with E-state index in [1.54, 1.807) is 14.2 Å². The number of hydrogen-bond donors (Lipinski definition) is 2. The minimum Gasteiger partial charge on any atom is -0.493 e. The van der Waals surface area contributed by atoms with E-state index in [2.05, 4.69) is 12.2 Å². The Bertz CT molecular complexity index is 632. The van der Waals surface area contributed by atoms with Crippen molar-refractivity contribution in [3.8, 4) is 11.5 Å². The van der Waals surface area contributed by atoms with Crippen molar-refractivity contribution in [1.29, 1.82) is 0 Å². The number of benzene rings is 1. The summed E-state index contributed by atoms with van der Waals surface area (Å²) in [4.78, 5) is 4.77. The fraction of sp³-hybridized carbons (Fsp3) is 0.632. The monoisotopic (exact) mass is 475 g/mol. The van der Waals surface area contributed by atoms with Crippen LogP contribution in [0.25, 0.3) is 0 Å². The second-order valence-electron chi connectivity index (χ2n) is 6.84. The molecule has 2 aliphatic rings. The summed E-state index contributed by atoms with van der Waals surface area (Å²) in [5.74, 6) is 1.79. The fourth-order valence-electron chi connectivity index (χ4n) is 4.29. The molecule has 26 heavy (non-hydrogen) atoms. The number of ether oxygens (including phenoxy) is 3. The number of nitrogens with one attached hydrogen (secondary N) is 1. The van der Waals surface area contributed by atoms with Crippen LogP contribution in [0.4, 0.5) is 5.69 Å². The maximum absolute atomic E-state index is 6.17. The molecule has 7 heteroatoms. The van der Waals surface area contributed by atoms with Crippen LogP contribution in [-0.4, -0.2) is 38.9 Å². The third-order valence-electron chi connectivity index (χ3n) is 5.60. The largest absolute Gasteiger partial charge is 0.493 e. The molecule has 0 heterocycles. The molecular formula is C19H30IN3O3. The Morgan fingerprint density at radius 2 is 1.92 bits per heavy atom. The number of guanidine groups is 1. The molecule has 0 saturated heterocycles. The number of nitrogens with zero attached hydrogens (tertiary/aromatic N) is 1. The lowest BCUT2D eigenvalue weighted by atomic mass is 9.61. The molecule has 1 aromatic carbocycles. The highest BCUT2D eigenvalue weighted by molar-refractivity contribution is 14.0. The van der Waals surface area contributed by atoms with Crippen molar-refractivity contribution < 1.29 is 14.2 Å². The molecule has 0 amide bonds. The highest BCUT2D eigenvalue weighted by Gasteiger charge is 2.56. The third-order valence-corrected chi connectivity index (χ3v) is 5.60. The molecular weight excluding hydrogens is 445 g/mol. The lowest BCUT2D eigenvalue weighted by Gasteiger charge is -2.52. The molecule has 0 aromatic heterocycles. The van der Waals surface area contributed by atoms with Gasteiger partial charge in [0.05, 0.1) is 26.4 Å². The zero-order valence-electron chi connectivity index (χ0n) is 15.8. The first-order chi connectivity index (χ1) is 12.1. The fourth-order valence-corrected chi connectivity index (χ4v) is 4.29. The van der Waals surface area contributed by atoms with E-state index in [0.29, 0.717) is 23.6 Å². The summed E-state index contributed by atoms with van der Waals surface area (Å²) < 4.78 is 16.5. The maximum Gasteiger partial charge on any atom is 0.193 e. The van der Waals surface area contributed by atoms with Crippen LogP contribution in [0.2, 0.25) is 0 Å². The topological polar surface area (TPSA) is 78.1 Å². The van der Waals surface area contributed by atoms with Crippen molar-refractivity contribution >= 4 is 35.6 Å². The molecule has 2 fully saturated rings. The lowest BCUT2D eigenvalue weighted by Crippen LogP contribution is -2.56. The van der Waals surface area contributed by atoms with E-state index in [9.17, 15) is 0 Å². The van der Waals surface area contributed by atoms with Crippen molar-refractivity contribution in [3.63, 3.8) is 0 Å². The van der Waals surface area contributed by atoms with E-state index in [-0.39, 0.29) is 35.4 Å². The van der Waals surface area contributed by atoms with Crippen LogP contribution in [0.3, 0.4) is 0 Å². The molecule has 1 spiro atoms. The molecule has 2 atom stereocenters. The summed E-state index contributed by atoms with van der Waals surface area (Å²) in [6.45, 7) is 2.83. The van der Waals surface area contributed by atoms with Gasteiger partial charge >= 0.3 is 0 Å². The Morgan fingerprint density at radius 1 is 1.23 bits per heavy atom. The van der Waals surface area contributed by atoms with Crippen LogP contribution in [0.15, 0.2) is 23.2 Å². The Balaban J connectivity index is 0.00000243. The molecule has 0 radical (unpaired) electrons. The van der Waals surface area contributed by atoms with Gasteiger partial charge in [0.25, 0.3) is 0 Å². The molecule has 6 nitrogen and oxygen atoms in total. The van der Waals surface area contributed by atoms with Gasteiger partial charge in [0.1, 0.15) is 0 Å². The number of halogens is 1. The molecule has 3 rings (SSSR count). The van der Waals surface area contributed by atoms with Crippen molar-refractivity contribution in [3.05, 3.63) is 18.2 Å². The predicted molar refractivity (Wildman–Crippen MR) is 115 cm³/mol. The predicted octanol–water partition coefficient (Wildman–Crippen LogP) is 3.79. The number of hydrogen-bond acceptors (Lipinski definition) is 4. The van der Waals surface area contributed by atoms with Crippen LogP contribution in [0, 0.1) is 5.41 Å². The summed E-state index contributed by atoms with van der Waals surface area (Å²) >= 11 is 0. The van der Waals surface area contributed by atoms with Crippen molar-refractivity contribution in [2.75, 3.05) is 26.1 Å². The van der Waals surface area contributed by atoms with Gasteiger partial charge in [0.15, 0.2) is 17.5 Å². The van der Waals surface area contributed by atoms with Gasteiger partial charge in [-0.2, -0.15) is 0 Å². The van der Waals surface area contributed by atoms with Gasteiger partial charge < -0.3 is 25.3 Å². The van der Waals surface area contributed by atoms with E-state index < -0.39 is 0 Å². The summed E-state index contributed by atoms with van der Waals surface area (Å²) in [5.41, 5.74) is 7.20. The lowest BCUT2D eigenvalue weighted by molar-refractivity contribution is -0.119. The Labute approximate surface area is 172 Å². The normalized spacial score (nSPS) is 23.9. The summed E-state index contributed by atoms with van der Waals surface area (Å²) in [6.07, 6.45) is 6.20. The van der Waals surface area contributed by atoms with Crippen LogP contribution in [0.1, 0.15) is 39.0 Å². The van der Waals surface area contributed by atoms with Gasteiger partial charge in [0, 0.05) is 23.8 Å². The smallest absolute Gasteiger partial charge is 0.193 e. The summed E-state index contributed by atoms with van der Waals surface area (Å²) in [5, 5.41) is 3.17. The zero-order valence-corrected chi connectivity index (χ0v) is 18.1. The number of nitrogens with two attached hydrogens (primary N) is 1. The molecule has 3 N–H and O–H groups in total. The van der Waals surface area contributed by atoms with Crippen LogP contribution in [0.5, 0.6) is 11.5 Å². The Kier molecular flexibility index (Phi) is 7.40. The van der Waals surface area contributed by atoms with Gasteiger partial charge in [-0.05, 0) is 38.3 Å². The van der Waals surface area contributed by atoms with E-state index in [4.69, 9.17) is 24.9 Å². The van der Waals surface area contributed by atoms with E-state index in [1.165, 1.54) is 25.7 Å². The number of methoxy groups -OCH3 is 2. The van der Waals surface area contributed by atoms with E-state index in [0.717, 1.165) is 18.7 Å². The van der Waals surface area contributed by atoms with Gasteiger partial charge in [-0.25, -0.2) is 4.99 Å². The van der Waals surface area contributed by atoms with Crippen molar-refractivity contribution in [2.24, 2.45) is 16.1 Å². The molecule has 2 saturated carbocycles. The second kappa shape index (κ2) is 9.12. The average molecular weight is 475 g/mol. The average Bonchev–Trinajstić information content (AvgIpc) is 3.13. The van der Waals surface area contributed by atoms with E-state index in [1.807, 2.05) is 18.2 Å². The molecule has 2 aliphatic carbocycles. The minimum absolute atomic E-state index is 0. The quantitative estimate of drug-likeness (QED) is 0.372. The highest BCUT2D eigenvalue weighted by atomic mass is 127. The highest BCUT2D eigenvalue weighted by Crippen LogP contribution is 2.56. The summed E-state index contributed by atoms with van der Waals surface area (Å²) in [6, 6.07) is 5.86. The van der Waals surface area contributed by atoms with Gasteiger partial charge in [-0.15, -0.1) is 24.0 Å². The van der Waals surface area contributed by atoms with Crippen LogP contribution in [-0.2, 0) is 4.74 Å². The first-order valence-electron chi connectivity index (χ1n) is 9.07. The Hall–Kier alpha value is -1.22. The molecule has 0 bridgehead atoms. The number of anilines is 1. The molecule has 146 valence electrons. The molecule has 2 unspecified atom stereocenters. The summed E-state index contributed by atoms with van der Waals surface area (Å²) in [7, 11) is 3.23. The van der Waals surface area contributed by atoms with Crippen molar-refractivity contribution in [2.45, 2.75) is 51.2 Å². The molecule has 0 aliphatic heterocycles. The van der Waals surface area contributed by atoms with Crippen molar-refractivity contribution in [1.82, 2.24) is 0 Å². The van der Waals surface area contributed by atoms with Gasteiger partial charge in [-0.3, -0.25) is 0 Å². The van der Waals surface area contributed by atoms with Crippen LogP contribution >= 0.6 is 24.0 Å².